The van der Waals surface area contributed by atoms with Crippen LogP contribution >= 0.6 is 0 Å². The van der Waals surface area contributed by atoms with Gasteiger partial charge < -0.3 is 25.2 Å². The van der Waals surface area contributed by atoms with Gasteiger partial charge in [-0.3, -0.25) is 29.3 Å². The van der Waals surface area contributed by atoms with Crippen molar-refractivity contribution in [2.75, 3.05) is 74.3 Å². The summed E-state index contributed by atoms with van der Waals surface area (Å²) in [6.07, 6.45) is 7.10. The Morgan fingerprint density at radius 3 is 2.38 bits per heavy atom. The van der Waals surface area contributed by atoms with Crippen LogP contribution in [0, 0.1) is 11.6 Å². The number of likely N-dealkylation sites (tertiary alicyclic amines) is 1. The number of hydrogen-bond acceptors (Lipinski definition) is 12. The summed E-state index contributed by atoms with van der Waals surface area (Å²) >= 11 is 0. The van der Waals surface area contributed by atoms with Gasteiger partial charge in [-0.15, -0.1) is 0 Å². The van der Waals surface area contributed by atoms with Gasteiger partial charge in [0, 0.05) is 104 Å². The molecule has 2 aromatic carbocycles. The zero-order valence-corrected chi connectivity index (χ0v) is 35.7. The van der Waals surface area contributed by atoms with Gasteiger partial charge >= 0.3 is 10.2 Å². The van der Waals surface area contributed by atoms with Crippen LogP contribution in [0.4, 0.5) is 26.1 Å². The summed E-state index contributed by atoms with van der Waals surface area (Å²) in [6.45, 7) is 5.56. The average Bonchev–Trinajstić information content (AvgIpc) is 3.71. The molecule has 2 unspecified atom stereocenters. The topological polar surface area (TPSA) is 209 Å². The maximum Gasteiger partial charge on any atom is 0.301 e. The summed E-state index contributed by atoms with van der Waals surface area (Å²) in [5, 5.41) is 17.2. The number of aromatic nitrogens is 4. The Morgan fingerprint density at radius 1 is 0.952 bits per heavy atom. The number of halogens is 2. The van der Waals surface area contributed by atoms with E-state index in [0.717, 1.165) is 4.31 Å². The number of nitrogens with zero attached hydrogens (tertiary/aromatic N) is 7. The summed E-state index contributed by atoms with van der Waals surface area (Å²) < 4.78 is 59.3. The number of hydrogen-bond donors (Lipinski definition) is 5. The number of fused-ring (bicyclic) bond motifs is 1. The number of nitrogens with one attached hydrogen (secondary N) is 4. The van der Waals surface area contributed by atoms with Gasteiger partial charge in [-0.2, -0.15) is 12.7 Å². The van der Waals surface area contributed by atoms with Gasteiger partial charge in [-0.25, -0.2) is 23.7 Å². The average molecular weight is 886 g/mol. The van der Waals surface area contributed by atoms with Crippen molar-refractivity contribution in [3.8, 4) is 11.1 Å². The molecule has 5 N–H and O–H groups in total. The van der Waals surface area contributed by atoms with Crippen molar-refractivity contribution < 1.29 is 36.7 Å². The van der Waals surface area contributed by atoms with Gasteiger partial charge in [0.05, 0.1) is 12.2 Å². The van der Waals surface area contributed by atoms with Crippen molar-refractivity contribution in [3.05, 3.63) is 95.6 Å². The predicted octanol–water partition coefficient (Wildman–Crippen LogP) is 3.73. The van der Waals surface area contributed by atoms with E-state index in [1.54, 1.807) is 43.7 Å². The lowest BCUT2D eigenvalue weighted by Crippen LogP contribution is -2.52. The molecule has 2 atom stereocenters. The van der Waals surface area contributed by atoms with Crippen LogP contribution in [0.2, 0.25) is 0 Å². The van der Waals surface area contributed by atoms with Gasteiger partial charge in [0.15, 0.2) is 5.82 Å². The molecule has 20 heteroatoms. The molecule has 0 radical (unpaired) electrons. The summed E-state index contributed by atoms with van der Waals surface area (Å²) in [6, 6.07) is 10.3. The fourth-order valence-corrected chi connectivity index (χ4v) is 9.20. The quantitative estimate of drug-likeness (QED) is 0.107. The Balaban J connectivity index is 0.829. The second-order valence-corrected chi connectivity index (χ2v) is 17.8. The Labute approximate surface area is 363 Å². The van der Waals surface area contributed by atoms with Crippen molar-refractivity contribution in [2.45, 2.75) is 50.7 Å². The number of aliphatic hydroxyl groups excluding tert-OH is 1. The monoisotopic (exact) mass is 885 g/mol. The summed E-state index contributed by atoms with van der Waals surface area (Å²) in [5.41, 5.74) is 2.84. The van der Waals surface area contributed by atoms with E-state index < -0.39 is 34.1 Å². The van der Waals surface area contributed by atoms with Crippen LogP contribution < -0.4 is 20.3 Å². The fourth-order valence-electron chi connectivity index (χ4n) is 8.27. The lowest BCUT2D eigenvalue weighted by atomic mass is 9.89. The molecule has 3 amide bonds. The fraction of sp³-hybridized carbons (Fsp3) is 0.395. The molecule has 0 saturated carbocycles. The number of carbonyl (C=O) groups is 3. The minimum Gasteiger partial charge on any atom is -0.383 e. The van der Waals surface area contributed by atoms with Crippen molar-refractivity contribution in [1.29, 1.82) is 0 Å². The normalized spacial score (nSPS) is 18.5. The molecule has 0 bridgehead atoms. The van der Waals surface area contributed by atoms with Crippen LogP contribution in [0.25, 0.3) is 22.2 Å². The van der Waals surface area contributed by atoms with E-state index >= 15 is 8.78 Å². The molecule has 0 spiro atoms. The second-order valence-electron chi connectivity index (χ2n) is 16.1. The lowest BCUT2D eigenvalue weighted by Gasteiger charge is -2.37. The minimum atomic E-state index is -4.00. The van der Waals surface area contributed by atoms with Crippen LogP contribution in [0.1, 0.15) is 61.3 Å². The number of benzene rings is 2. The number of rotatable bonds is 13. The van der Waals surface area contributed by atoms with Crippen molar-refractivity contribution in [3.63, 3.8) is 0 Å². The van der Waals surface area contributed by atoms with Gasteiger partial charge in [0.1, 0.15) is 23.6 Å². The van der Waals surface area contributed by atoms with Crippen LogP contribution in [0.5, 0.6) is 0 Å². The van der Waals surface area contributed by atoms with E-state index in [-0.39, 0.29) is 54.3 Å². The first-order valence-electron chi connectivity index (χ1n) is 20.9. The number of H-pyrrole nitrogens is 1. The predicted molar refractivity (Wildman–Crippen MR) is 232 cm³/mol. The zero-order valence-electron chi connectivity index (χ0n) is 34.9. The third-order valence-corrected chi connectivity index (χ3v) is 13.7. The van der Waals surface area contributed by atoms with Crippen LogP contribution in [-0.4, -0.2) is 131 Å². The number of pyridine rings is 1. The maximum absolute atomic E-state index is 15.6. The smallest absolute Gasteiger partial charge is 0.301 e. The standard InChI is InChI=1S/C43H49F2N11O6S/c1-3-53(2)63(61,62)52-35-6-4-5-31(39(35)45)40(59)33-24-47-41-32(33)19-27(21-46-41)28-22-48-43(49-23-28)56-17-15-55(16-18-56)38(58)25-54-13-11-26(12-14-54)30-8-7-29(20-34(30)44)50-36-9-10-37(57)51-42(36)60/h4-8,19-24,26,36,40,50,52,59H,3,9-18,25H2,1-2H3,(H,46,47)(H,51,57,60). The van der Waals surface area contributed by atoms with E-state index in [9.17, 15) is 27.9 Å². The van der Waals surface area contributed by atoms with Crippen LogP contribution in [0.3, 0.4) is 0 Å². The Bertz CT molecular complexity index is 2620. The molecule has 332 valence electrons. The molecule has 17 nitrogen and oxygen atoms in total. The Kier molecular flexibility index (Phi) is 12.7. The SMILES string of the molecule is CCN(C)S(=O)(=O)Nc1cccc(C(O)c2c[nH]c3ncc(-c4cnc(N5CCN(C(=O)CN6CCC(c7ccc(NC8CCC(=O)NC8=O)cc7F)CC6)CC5)nc4)cc23)c1F. The highest BCUT2D eigenvalue weighted by Gasteiger charge is 2.30. The molecule has 8 rings (SSSR count). The summed E-state index contributed by atoms with van der Waals surface area (Å²) in [5.74, 6) is -1.39. The first kappa shape index (κ1) is 43.6. The van der Waals surface area contributed by atoms with Crippen molar-refractivity contribution in [1.82, 2.24) is 39.4 Å². The number of aliphatic hydroxyl groups is 1. The third-order valence-electron chi connectivity index (χ3n) is 12.1. The number of piperidine rings is 2. The highest BCUT2D eigenvalue weighted by atomic mass is 32.2. The number of piperazine rings is 1. The molecule has 0 aliphatic carbocycles. The molecular formula is C43H49F2N11O6S. The minimum absolute atomic E-state index is 0.0146. The van der Waals surface area contributed by atoms with E-state index in [1.807, 2.05) is 9.80 Å². The highest BCUT2D eigenvalue weighted by molar-refractivity contribution is 7.90. The maximum atomic E-state index is 15.6. The number of amides is 3. The van der Waals surface area contributed by atoms with Crippen LogP contribution in [0.15, 0.2) is 67.3 Å². The largest absolute Gasteiger partial charge is 0.383 e. The van der Waals surface area contributed by atoms with Crippen molar-refractivity contribution in [2.24, 2.45) is 0 Å². The van der Waals surface area contributed by atoms with Gasteiger partial charge in [0.25, 0.3) is 0 Å². The molecule has 3 aliphatic rings. The van der Waals surface area contributed by atoms with Crippen molar-refractivity contribution >= 4 is 56.3 Å². The third kappa shape index (κ3) is 9.48. The number of aromatic amines is 1. The second kappa shape index (κ2) is 18.3. The molecule has 6 heterocycles. The zero-order chi connectivity index (χ0) is 44.4. The molecule has 63 heavy (non-hydrogen) atoms. The molecule has 3 aromatic heterocycles. The van der Waals surface area contributed by atoms with E-state index in [1.165, 1.54) is 37.5 Å². The number of imide groups is 1. The summed E-state index contributed by atoms with van der Waals surface area (Å²) in [7, 11) is -2.62. The molecule has 3 aliphatic heterocycles. The van der Waals surface area contributed by atoms with Crippen LogP contribution in [-0.2, 0) is 24.6 Å². The van der Waals surface area contributed by atoms with Gasteiger partial charge in [0.2, 0.25) is 23.7 Å². The number of anilines is 3. The lowest BCUT2D eigenvalue weighted by molar-refractivity contribution is -0.134. The van der Waals surface area contributed by atoms with E-state index in [0.29, 0.717) is 103 Å². The van der Waals surface area contributed by atoms with E-state index in [2.05, 4.69) is 40.2 Å². The molecule has 3 saturated heterocycles. The number of carbonyl (C=O) groups excluding carboxylic acids is 3. The molecular weight excluding hydrogens is 837 g/mol. The molecule has 5 aromatic rings. The highest BCUT2D eigenvalue weighted by Crippen LogP contribution is 2.35. The first-order chi connectivity index (χ1) is 30.3. The van der Waals surface area contributed by atoms with E-state index in [4.69, 9.17) is 0 Å². The first-order valence-corrected chi connectivity index (χ1v) is 22.4. The summed E-state index contributed by atoms with van der Waals surface area (Å²) in [4.78, 5) is 59.6. The van der Waals surface area contributed by atoms with Gasteiger partial charge in [-0.05, 0) is 68.1 Å². The van der Waals surface area contributed by atoms with Gasteiger partial charge in [-0.1, -0.05) is 25.1 Å². The Hall–Kier alpha value is -6.09. The molecule has 3 fully saturated rings. The Morgan fingerprint density at radius 2 is 1.68 bits per heavy atom.